The Morgan fingerprint density at radius 2 is 1.97 bits per heavy atom. The highest BCUT2D eigenvalue weighted by Crippen LogP contribution is 2.17. The Bertz CT molecular complexity index is 947. The van der Waals surface area contributed by atoms with Crippen molar-refractivity contribution in [2.24, 2.45) is 11.3 Å². The van der Waals surface area contributed by atoms with Gasteiger partial charge in [0, 0.05) is 12.5 Å². The third-order valence-corrected chi connectivity index (χ3v) is 4.42. The lowest BCUT2D eigenvalue weighted by molar-refractivity contribution is -0.127. The molecule has 3 amide bonds. The molecular weight excluding hydrogens is 408 g/mol. The van der Waals surface area contributed by atoms with E-state index in [4.69, 9.17) is 0 Å². The first-order valence-corrected chi connectivity index (χ1v) is 10.8. The molecule has 32 heavy (non-hydrogen) atoms. The number of aromatic amines is 1. The van der Waals surface area contributed by atoms with Crippen LogP contribution in [0.1, 0.15) is 57.6 Å². The summed E-state index contributed by atoms with van der Waals surface area (Å²) in [5.41, 5.74) is 1.88. The van der Waals surface area contributed by atoms with Crippen molar-refractivity contribution in [1.82, 2.24) is 25.9 Å². The van der Waals surface area contributed by atoms with Gasteiger partial charge in [-0.05, 0) is 36.8 Å². The molecule has 9 nitrogen and oxygen atoms in total. The molecule has 3 rings (SSSR count). The number of carbonyl (C=O) groups is 3. The molecule has 1 aromatic heterocycles. The van der Waals surface area contributed by atoms with Gasteiger partial charge in [0.2, 0.25) is 11.8 Å². The van der Waals surface area contributed by atoms with Crippen LogP contribution in [0.4, 0.5) is 0 Å². The van der Waals surface area contributed by atoms with Gasteiger partial charge < -0.3 is 20.9 Å². The number of H-pyrrole nitrogens is 1. The highest BCUT2D eigenvalue weighted by atomic mass is 16.2. The number of hydrogen-bond acceptors (Lipinski definition) is 5. The number of fused-ring (bicyclic) bond motifs is 1. The second-order valence-corrected chi connectivity index (χ2v) is 9.40. The van der Waals surface area contributed by atoms with Gasteiger partial charge >= 0.3 is 0 Å². The summed E-state index contributed by atoms with van der Waals surface area (Å²) in [4.78, 5) is 43.0. The fraction of sp³-hybridized carbons (Fsp3) is 0.522. The van der Waals surface area contributed by atoms with Gasteiger partial charge in [0.15, 0.2) is 5.82 Å². The molecule has 1 aliphatic heterocycles. The van der Waals surface area contributed by atoms with Gasteiger partial charge in [0.25, 0.3) is 5.91 Å². The molecule has 1 fully saturated rings. The molecule has 1 saturated heterocycles. The van der Waals surface area contributed by atoms with Crippen LogP contribution in [0.5, 0.6) is 0 Å². The van der Waals surface area contributed by atoms with Gasteiger partial charge in [-0.3, -0.25) is 14.4 Å². The van der Waals surface area contributed by atoms with E-state index in [9.17, 15) is 19.6 Å². The van der Waals surface area contributed by atoms with E-state index in [0.29, 0.717) is 23.9 Å². The van der Waals surface area contributed by atoms with Crippen molar-refractivity contribution < 1.29 is 14.4 Å². The SMILES string of the molecule is CC(C)(C)C.N#CC(C[C@@H]1CCCNC1=O)NC(=O)CNC(=O)c1nc2ccccc2[nH]1. The Kier molecular flexibility index (Phi) is 8.76. The fourth-order valence-electron chi connectivity index (χ4n) is 3.04. The summed E-state index contributed by atoms with van der Waals surface area (Å²) in [6, 6.07) is 8.42. The molecule has 4 N–H and O–H groups in total. The van der Waals surface area contributed by atoms with Gasteiger partial charge in [-0.25, -0.2) is 4.98 Å². The molecule has 2 heterocycles. The van der Waals surface area contributed by atoms with E-state index in [0.717, 1.165) is 11.9 Å². The van der Waals surface area contributed by atoms with Crippen LogP contribution in [0.3, 0.4) is 0 Å². The number of amides is 3. The van der Waals surface area contributed by atoms with E-state index >= 15 is 0 Å². The second kappa shape index (κ2) is 11.3. The number of carbonyl (C=O) groups excluding carboxylic acids is 3. The molecule has 0 radical (unpaired) electrons. The molecule has 0 bridgehead atoms. The average molecular weight is 441 g/mol. The average Bonchev–Trinajstić information content (AvgIpc) is 3.16. The van der Waals surface area contributed by atoms with Crippen molar-refractivity contribution in [3.05, 3.63) is 30.1 Å². The molecule has 9 heteroatoms. The van der Waals surface area contributed by atoms with E-state index in [1.807, 2.05) is 18.2 Å². The molecule has 0 saturated carbocycles. The number of piperidine rings is 1. The summed E-state index contributed by atoms with van der Waals surface area (Å²) in [5, 5.41) is 17.0. The highest BCUT2D eigenvalue weighted by Gasteiger charge is 2.26. The summed E-state index contributed by atoms with van der Waals surface area (Å²) in [6.07, 6.45) is 1.81. The van der Waals surface area contributed by atoms with Gasteiger partial charge in [-0.2, -0.15) is 5.26 Å². The minimum atomic E-state index is -0.783. The second-order valence-electron chi connectivity index (χ2n) is 9.40. The number of imidazole rings is 1. The van der Waals surface area contributed by atoms with Gasteiger partial charge in [-0.15, -0.1) is 0 Å². The Labute approximate surface area is 188 Å². The van der Waals surface area contributed by atoms with Gasteiger partial charge in [0.05, 0.1) is 23.6 Å². The van der Waals surface area contributed by atoms with E-state index in [1.165, 1.54) is 0 Å². The minimum Gasteiger partial charge on any atom is -0.356 e. The maximum Gasteiger partial charge on any atom is 0.287 e. The molecular formula is C23H32N6O3. The number of nitrogens with zero attached hydrogens (tertiary/aromatic N) is 2. The van der Waals surface area contributed by atoms with E-state index in [-0.39, 0.29) is 30.6 Å². The molecule has 1 aliphatic rings. The third kappa shape index (κ3) is 8.38. The van der Waals surface area contributed by atoms with Crippen molar-refractivity contribution in [2.45, 2.75) is 53.0 Å². The predicted molar refractivity (Wildman–Crippen MR) is 121 cm³/mol. The molecule has 0 spiro atoms. The van der Waals surface area contributed by atoms with Crippen LogP contribution in [-0.4, -0.2) is 46.8 Å². The number of para-hydroxylation sites is 2. The Hall–Kier alpha value is -3.41. The van der Waals surface area contributed by atoms with Gasteiger partial charge in [0.1, 0.15) is 6.04 Å². The Morgan fingerprint density at radius 3 is 2.59 bits per heavy atom. The number of nitrogens with one attached hydrogen (secondary N) is 4. The van der Waals surface area contributed by atoms with Crippen molar-refractivity contribution in [1.29, 1.82) is 5.26 Å². The normalized spacial score (nSPS) is 16.7. The number of nitriles is 1. The van der Waals surface area contributed by atoms with Crippen LogP contribution in [-0.2, 0) is 9.59 Å². The van der Waals surface area contributed by atoms with Crippen LogP contribution in [0.25, 0.3) is 11.0 Å². The van der Waals surface area contributed by atoms with Crippen LogP contribution in [0.15, 0.2) is 24.3 Å². The number of aromatic nitrogens is 2. The van der Waals surface area contributed by atoms with Crippen LogP contribution in [0.2, 0.25) is 0 Å². The number of hydrogen-bond donors (Lipinski definition) is 4. The van der Waals surface area contributed by atoms with Crippen LogP contribution < -0.4 is 16.0 Å². The Balaban J connectivity index is 0.000000654. The van der Waals surface area contributed by atoms with E-state index in [2.05, 4.69) is 53.6 Å². The molecule has 1 unspecified atom stereocenters. The van der Waals surface area contributed by atoms with Crippen molar-refractivity contribution in [3.63, 3.8) is 0 Å². The topological polar surface area (TPSA) is 140 Å². The lowest BCUT2D eigenvalue weighted by Gasteiger charge is -2.23. The molecule has 2 aromatic rings. The first-order valence-electron chi connectivity index (χ1n) is 10.8. The Morgan fingerprint density at radius 1 is 1.28 bits per heavy atom. The van der Waals surface area contributed by atoms with Gasteiger partial charge in [-0.1, -0.05) is 39.8 Å². The summed E-state index contributed by atoms with van der Waals surface area (Å²) in [6.45, 7) is 9.11. The number of benzene rings is 1. The molecule has 1 aromatic carbocycles. The molecule has 0 aliphatic carbocycles. The highest BCUT2D eigenvalue weighted by molar-refractivity contribution is 5.96. The third-order valence-electron chi connectivity index (χ3n) is 4.42. The molecule has 2 atom stereocenters. The first-order chi connectivity index (χ1) is 15.1. The van der Waals surface area contributed by atoms with E-state index < -0.39 is 17.9 Å². The zero-order valence-electron chi connectivity index (χ0n) is 19.1. The molecule has 172 valence electrons. The van der Waals surface area contributed by atoms with Crippen molar-refractivity contribution in [3.8, 4) is 6.07 Å². The number of rotatable bonds is 6. The summed E-state index contributed by atoms with van der Waals surface area (Å²) in [7, 11) is 0. The van der Waals surface area contributed by atoms with Crippen molar-refractivity contribution >= 4 is 28.8 Å². The smallest absolute Gasteiger partial charge is 0.287 e. The zero-order chi connectivity index (χ0) is 23.7. The lowest BCUT2D eigenvalue weighted by Crippen LogP contribution is -2.44. The minimum absolute atomic E-state index is 0.0889. The quantitative estimate of drug-likeness (QED) is 0.545. The predicted octanol–water partition coefficient (Wildman–Crippen LogP) is 2.27. The van der Waals surface area contributed by atoms with Crippen LogP contribution >= 0.6 is 0 Å². The summed E-state index contributed by atoms with van der Waals surface area (Å²) >= 11 is 0. The standard InChI is InChI=1S/C18H20N6O3.C5H12/c19-9-12(8-11-4-3-7-20-17(11)26)22-15(25)10-21-18(27)16-23-13-5-1-2-6-14(13)24-16;1-5(2,3)4/h1-2,5-6,11-12H,3-4,7-8,10H2,(H,20,26)(H,21,27)(H,22,25)(H,23,24);1-4H3/t11-,12?;/m0./s1. The zero-order valence-corrected chi connectivity index (χ0v) is 19.1. The van der Waals surface area contributed by atoms with E-state index in [1.54, 1.807) is 12.1 Å². The summed E-state index contributed by atoms with van der Waals surface area (Å²) in [5.74, 6) is -1.27. The maximum absolute atomic E-state index is 12.1. The first kappa shape index (κ1) is 24.9. The fourth-order valence-corrected chi connectivity index (χ4v) is 3.04. The van der Waals surface area contributed by atoms with Crippen LogP contribution in [0, 0.1) is 22.7 Å². The summed E-state index contributed by atoms with van der Waals surface area (Å²) < 4.78 is 0. The monoisotopic (exact) mass is 440 g/mol. The lowest BCUT2D eigenvalue weighted by atomic mass is 9.92. The largest absolute Gasteiger partial charge is 0.356 e. The maximum atomic E-state index is 12.1. The van der Waals surface area contributed by atoms with Crippen molar-refractivity contribution in [2.75, 3.05) is 13.1 Å².